The van der Waals surface area contributed by atoms with Gasteiger partial charge in [0.15, 0.2) is 0 Å². The molecule has 1 rings (SSSR count). The second kappa shape index (κ2) is 7.63. The SMILES string of the molecule is CCOCC(C)N1CCC(OCC(=O)O)CC1. The van der Waals surface area contributed by atoms with Crippen LogP contribution < -0.4 is 0 Å². The Morgan fingerprint density at radius 3 is 2.65 bits per heavy atom. The number of rotatable bonds is 7. The Bertz CT molecular complexity index is 227. The van der Waals surface area contributed by atoms with E-state index < -0.39 is 5.97 Å². The van der Waals surface area contributed by atoms with Gasteiger partial charge in [0.05, 0.1) is 12.7 Å². The second-order valence-corrected chi connectivity index (χ2v) is 4.45. The van der Waals surface area contributed by atoms with E-state index in [2.05, 4.69) is 11.8 Å². The van der Waals surface area contributed by atoms with Gasteiger partial charge in [0, 0.05) is 25.7 Å². The Balaban J connectivity index is 2.18. The van der Waals surface area contributed by atoms with Crippen molar-refractivity contribution < 1.29 is 19.4 Å². The third-order valence-electron chi connectivity index (χ3n) is 3.11. The number of carboxylic acids is 1. The van der Waals surface area contributed by atoms with Crippen molar-refractivity contribution in [3.05, 3.63) is 0 Å². The van der Waals surface area contributed by atoms with Gasteiger partial charge in [0.1, 0.15) is 6.61 Å². The lowest BCUT2D eigenvalue weighted by atomic mass is 10.1. The molecule has 1 unspecified atom stereocenters. The van der Waals surface area contributed by atoms with Gasteiger partial charge < -0.3 is 14.6 Å². The molecule has 1 heterocycles. The number of piperidine rings is 1. The number of carboxylic acid groups (broad SMARTS) is 1. The third-order valence-corrected chi connectivity index (χ3v) is 3.11. The minimum absolute atomic E-state index is 0.0987. The van der Waals surface area contributed by atoms with Crippen molar-refractivity contribution in [3.8, 4) is 0 Å². The first-order valence-electron chi connectivity index (χ1n) is 6.28. The van der Waals surface area contributed by atoms with Crippen molar-refractivity contribution in [3.63, 3.8) is 0 Å². The van der Waals surface area contributed by atoms with Crippen LogP contribution in [0.5, 0.6) is 0 Å². The molecule has 5 heteroatoms. The van der Waals surface area contributed by atoms with Crippen molar-refractivity contribution in [2.24, 2.45) is 0 Å². The summed E-state index contributed by atoms with van der Waals surface area (Å²) in [5, 5.41) is 8.53. The number of hydrogen-bond donors (Lipinski definition) is 1. The van der Waals surface area contributed by atoms with E-state index in [9.17, 15) is 4.79 Å². The lowest BCUT2D eigenvalue weighted by Crippen LogP contribution is -2.44. The molecule has 1 atom stereocenters. The van der Waals surface area contributed by atoms with Gasteiger partial charge in [-0.15, -0.1) is 0 Å². The van der Waals surface area contributed by atoms with E-state index in [4.69, 9.17) is 14.6 Å². The Morgan fingerprint density at radius 2 is 2.12 bits per heavy atom. The largest absolute Gasteiger partial charge is 0.480 e. The summed E-state index contributed by atoms with van der Waals surface area (Å²) in [6, 6.07) is 0.426. The van der Waals surface area contributed by atoms with Crippen molar-refractivity contribution in [2.75, 3.05) is 32.9 Å². The summed E-state index contributed by atoms with van der Waals surface area (Å²) in [5.41, 5.74) is 0. The normalized spacial score (nSPS) is 20.4. The fourth-order valence-electron chi connectivity index (χ4n) is 2.07. The average molecular weight is 245 g/mol. The van der Waals surface area contributed by atoms with Crippen LogP contribution in [0.2, 0.25) is 0 Å². The molecule has 1 aliphatic heterocycles. The molecule has 0 saturated carbocycles. The summed E-state index contributed by atoms with van der Waals surface area (Å²) in [6.07, 6.45) is 1.91. The smallest absolute Gasteiger partial charge is 0.329 e. The van der Waals surface area contributed by atoms with Crippen LogP contribution in [0.4, 0.5) is 0 Å². The fourth-order valence-corrected chi connectivity index (χ4v) is 2.07. The van der Waals surface area contributed by atoms with E-state index in [1.165, 1.54) is 0 Å². The summed E-state index contributed by atoms with van der Waals surface area (Å²) < 4.78 is 10.7. The molecule has 0 aromatic heterocycles. The van der Waals surface area contributed by atoms with Crippen LogP contribution in [-0.2, 0) is 14.3 Å². The van der Waals surface area contributed by atoms with Gasteiger partial charge in [-0.05, 0) is 26.7 Å². The third kappa shape index (κ3) is 5.48. The maximum absolute atomic E-state index is 10.4. The van der Waals surface area contributed by atoms with Crippen LogP contribution in [0, 0.1) is 0 Å². The van der Waals surface area contributed by atoms with Gasteiger partial charge in [-0.3, -0.25) is 4.90 Å². The average Bonchev–Trinajstić information content (AvgIpc) is 2.34. The topological polar surface area (TPSA) is 59.0 Å². The summed E-state index contributed by atoms with van der Waals surface area (Å²) in [5.74, 6) is -0.892. The standard InChI is InChI=1S/C12H23NO4/c1-3-16-8-10(2)13-6-4-11(5-7-13)17-9-12(14)15/h10-11H,3-9H2,1-2H3,(H,14,15). The number of hydrogen-bond acceptors (Lipinski definition) is 4. The van der Waals surface area contributed by atoms with Crippen LogP contribution in [0.3, 0.4) is 0 Å². The highest BCUT2D eigenvalue weighted by Crippen LogP contribution is 2.16. The monoisotopic (exact) mass is 245 g/mol. The van der Waals surface area contributed by atoms with Crippen LogP contribution >= 0.6 is 0 Å². The molecule has 1 N–H and O–H groups in total. The number of nitrogens with zero attached hydrogens (tertiary/aromatic N) is 1. The highest BCUT2D eigenvalue weighted by Gasteiger charge is 2.23. The lowest BCUT2D eigenvalue weighted by Gasteiger charge is -2.35. The molecule has 1 aliphatic rings. The van der Waals surface area contributed by atoms with Crippen LogP contribution in [0.15, 0.2) is 0 Å². The van der Waals surface area contributed by atoms with Gasteiger partial charge in [0.2, 0.25) is 0 Å². The predicted molar refractivity (Wildman–Crippen MR) is 64.1 cm³/mol. The number of ether oxygens (including phenoxy) is 2. The molecule has 0 aromatic rings. The first-order valence-corrected chi connectivity index (χ1v) is 6.28. The molecule has 1 fully saturated rings. The van der Waals surface area contributed by atoms with Crippen molar-refractivity contribution >= 4 is 5.97 Å². The van der Waals surface area contributed by atoms with Crippen molar-refractivity contribution in [2.45, 2.75) is 38.8 Å². The zero-order valence-corrected chi connectivity index (χ0v) is 10.7. The Kier molecular flexibility index (Phi) is 6.47. The van der Waals surface area contributed by atoms with Crippen LogP contribution in [0.25, 0.3) is 0 Å². The summed E-state index contributed by atoms with van der Waals surface area (Å²) in [7, 11) is 0. The quantitative estimate of drug-likeness (QED) is 0.724. The highest BCUT2D eigenvalue weighted by molar-refractivity contribution is 5.68. The van der Waals surface area contributed by atoms with E-state index in [-0.39, 0.29) is 12.7 Å². The van der Waals surface area contributed by atoms with Crippen molar-refractivity contribution in [1.82, 2.24) is 4.90 Å². The molecule has 0 radical (unpaired) electrons. The highest BCUT2D eigenvalue weighted by atomic mass is 16.5. The maximum atomic E-state index is 10.4. The zero-order valence-electron chi connectivity index (χ0n) is 10.7. The minimum Gasteiger partial charge on any atom is -0.480 e. The summed E-state index contributed by atoms with van der Waals surface area (Å²) >= 11 is 0. The van der Waals surface area contributed by atoms with Gasteiger partial charge in [-0.1, -0.05) is 0 Å². The number of likely N-dealkylation sites (tertiary alicyclic amines) is 1. The molecule has 17 heavy (non-hydrogen) atoms. The van der Waals surface area contributed by atoms with E-state index in [0.29, 0.717) is 6.04 Å². The number of carbonyl (C=O) groups is 1. The zero-order chi connectivity index (χ0) is 12.7. The molecular formula is C12H23NO4. The second-order valence-electron chi connectivity index (χ2n) is 4.45. The van der Waals surface area contributed by atoms with E-state index in [1.54, 1.807) is 0 Å². The van der Waals surface area contributed by atoms with Gasteiger partial charge in [0.25, 0.3) is 0 Å². The lowest BCUT2D eigenvalue weighted by molar-refractivity contribution is -0.145. The molecule has 100 valence electrons. The molecule has 0 spiro atoms. The Hall–Kier alpha value is -0.650. The van der Waals surface area contributed by atoms with E-state index in [1.807, 2.05) is 6.92 Å². The first-order chi connectivity index (χ1) is 8.13. The van der Waals surface area contributed by atoms with Gasteiger partial charge in [-0.2, -0.15) is 0 Å². The molecule has 5 nitrogen and oxygen atoms in total. The van der Waals surface area contributed by atoms with Crippen LogP contribution in [0.1, 0.15) is 26.7 Å². The fraction of sp³-hybridized carbons (Fsp3) is 0.917. The molecule has 0 amide bonds. The van der Waals surface area contributed by atoms with Crippen molar-refractivity contribution in [1.29, 1.82) is 0 Å². The van der Waals surface area contributed by atoms with Gasteiger partial charge >= 0.3 is 5.97 Å². The summed E-state index contributed by atoms with van der Waals surface area (Å²) in [6.45, 7) is 7.41. The molecule has 0 bridgehead atoms. The van der Waals surface area contributed by atoms with Gasteiger partial charge in [-0.25, -0.2) is 4.79 Å². The number of aliphatic carboxylic acids is 1. The molecule has 0 aliphatic carbocycles. The van der Waals surface area contributed by atoms with E-state index >= 15 is 0 Å². The van der Waals surface area contributed by atoms with Crippen LogP contribution in [-0.4, -0.2) is 61.0 Å². The minimum atomic E-state index is -0.892. The summed E-state index contributed by atoms with van der Waals surface area (Å²) in [4.78, 5) is 12.8. The molecule has 0 aromatic carbocycles. The Labute approximate surface area is 103 Å². The molecule has 1 saturated heterocycles. The molecular weight excluding hydrogens is 222 g/mol. The predicted octanol–water partition coefficient (Wildman–Crippen LogP) is 0.977. The Morgan fingerprint density at radius 1 is 1.47 bits per heavy atom. The van der Waals surface area contributed by atoms with E-state index in [0.717, 1.165) is 39.1 Å². The maximum Gasteiger partial charge on any atom is 0.329 e. The first kappa shape index (κ1) is 14.4.